The molecule has 43 heavy (non-hydrogen) atoms. The smallest absolute Gasteiger partial charge is 0.335 e. The van der Waals surface area contributed by atoms with Crippen molar-refractivity contribution in [2.75, 3.05) is 18.5 Å². The van der Waals surface area contributed by atoms with E-state index in [-0.39, 0.29) is 34.2 Å². The number of carbonyl (C=O) groups is 1. The number of aromatic nitrogens is 4. The summed E-state index contributed by atoms with van der Waals surface area (Å²) < 4.78 is 37.0. The fraction of sp³-hybridized carbons (Fsp3) is 0.600. The predicted octanol–water partition coefficient (Wildman–Crippen LogP) is 5.70. The molecule has 2 aromatic heterocycles. The van der Waals surface area contributed by atoms with Crippen LogP contribution in [-0.2, 0) is 22.4 Å². The molecule has 1 amide bonds. The molecule has 3 aromatic rings. The van der Waals surface area contributed by atoms with Gasteiger partial charge in [0.15, 0.2) is 23.2 Å². The molecule has 0 unspecified atom stereocenters. The number of carbonyl (C=O) groups excluding carboxylic acids is 1. The van der Waals surface area contributed by atoms with Gasteiger partial charge >= 0.3 is 17.1 Å². The third-order valence-corrected chi connectivity index (χ3v) is 19.5. The van der Waals surface area contributed by atoms with Gasteiger partial charge in [0.05, 0.1) is 19.5 Å². The summed E-state index contributed by atoms with van der Waals surface area (Å²) >= 11 is 0. The van der Waals surface area contributed by atoms with E-state index in [2.05, 4.69) is 75.7 Å². The van der Waals surface area contributed by atoms with Gasteiger partial charge < -0.3 is 27.8 Å². The lowest BCUT2D eigenvalue weighted by Crippen LogP contribution is -2.67. The van der Waals surface area contributed by atoms with Crippen molar-refractivity contribution >= 4 is 40.0 Å². The molecule has 11 nitrogen and oxygen atoms in total. The molecule has 1 N–H and O–H groups in total. The molecule has 0 spiro atoms. The van der Waals surface area contributed by atoms with Crippen LogP contribution < -0.4 is 5.32 Å². The number of hydrogen-bond acceptors (Lipinski definition) is 9. The van der Waals surface area contributed by atoms with Gasteiger partial charge in [-0.05, 0) is 34.3 Å². The van der Waals surface area contributed by atoms with Gasteiger partial charge in [0.1, 0.15) is 24.1 Å². The average Bonchev–Trinajstić information content (AvgIpc) is 3.63. The number of nitrogens with one attached hydrogen (secondary N) is 1. The van der Waals surface area contributed by atoms with E-state index >= 15 is 0 Å². The maximum absolute atomic E-state index is 12.9. The van der Waals surface area contributed by atoms with Crippen LogP contribution in [-0.4, -0.2) is 73.6 Å². The number of benzene rings is 1. The molecule has 3 aliphatic rings. The Bertz CT molecular complexity index is 1470. The van der Waals surface area contributed by atoms with Gasteiger partial charge in [-0.1, -0.05) is 73.6 Å². The van der Waals surface area contributed by atoms with Crippen molar-refractivity contribution in [3.05, 3.63) is 48.5 Å². The fourth-order valence-corrected chi connectivity index (χ4v) is 18.2. The Hall–Kier alpha value is -2.53. The molecule has 5 heterocycles. The maximum Gasteiger partial charge on any atom is 0.335 e. The lowest BCUT2D eigenvalue weighted by atomic mass is 10.0. The predicted molar refractivity (Wildman–Crippen MR) is 166 cm³/mol. The van der Waals surface area contributed by atoms with E-state index in [0.717, 1.165) is 0 Å². The second kappa shape index (κ2) is 11.1. The Balaban J connectivity index is 1.37. The first-order valence-electron chi connectivity index (χ1n) is 15.3. The topological polar surface area (TPSA) is 119 Å². The Morgan fingerprint density at radius 3 is 2.26 bits per heavy atom. The van der Waals surface area contributed by atoms with E-state index in [0.29, 0.717) is 35.8 Å². The summed E-state index contributed by atoms with van der Waals surface area (Å²) in [7, 11) is -5.61. The highest BCUT2D eigenvalue weighted by Gasteiger charge is 2.69. The van der Waals surface area contributed by atoms with E-state index < -0.39 is 35.1 Å². The number of anilines is 1. The molecule has 3 aliphatic heterocycles. The van der Waals surface area contributed by atoms with Crippen molar-refractivity contribution in [3.8, 4) is 0 Å². The first-order chi connectivity index (χ1) is 20.4. The summed E-state index contributed by atoms with van der Waals surface area (Å²) in [5.41, 5.74) is 1.55. The molecule has 0 aliphatic carbocycles. The largest absolute Gasteiger partial charge is 0.414 e. The summed E-state index contributed by atoms with van der Waals surface area (Å²) in [6.45, 7) is 18.4. The quantitative estimate of drug-likeness (QED) is 0.330. The van der Waals surface area contributed by atoms with Crippen molar-refractivity contribution in [1.82, 2.24) is 19.5 Å². The first-order valence-corrected chi connectivity index (χ1v) is 19.2. The second-order valence-electron chi connectivity index (χ2n) is 13.2. The van der Waals surface area contributed by atoms with Crippen LogP contribution in [0.15, 0.2) is 43.0 Å². The van der Waals surface area contributed by atoms with Crippen LogP contribution in [0.1, 0.15) is 72.0 Å². The van der Waals surface area contributed by atoms with E-state index in [4.69, 9.17) is 22.4 Å². The van der Waals surface area contributed by atoms with Gasteiger partial charge in [-0.3, -0.25) is 9.36 Å². The van der Waals surface area contributed by atoms with Crippen LogP contribution in [0, 0.1) is 0 Å². The van der Waals surface area contributed by atoms with Gasteiger partial charge in [0.2, 0.25) is 0 Å². The Labute approximate surface area is 255 Å². The number of hydrogen-bond donors (Lipinski definition) is 1. The zero-order chi connectivity index (χ0) is 30.7. The fourth-order valence-electron chi connectivity index (χ4n) is 6.94. The number of amides is 1. The molecule has 232 valence electrons. The molecule has 13 heteroatoms. The molecule has 4 atom stereocenters. The molecule has 0 radical (unpaired) electrons. The van der Waals surface area contributed by atoms with E-state index in [9.17, 15) is 4.79 Å². The minimum absolute atomic E-state index is 0.187. The average molecular weight is 626 g/mol. The minimum atomic E-state index is -2.86. The molecular formula is C30H43N5O6Si2. The van der Waals surface area contributed by atoms with E-state index in [1.807, 2.05) is 22.8 Å². The minimum Gasteiger partial charge on any atom is -0.414 e. The van der Waals surface area contributed by atoms with Crippen LogP contribution in [0.5, 0.6) is 0 Å². The Morgan fingerprint density at radius 1 is 0.930 bits per heavy atom. The summed E-state index contributed by atoms with van der Waals surface area (Å²) in [6, 6.07) is 8.99. The summed E-state index contributed by atoms with van der Waals surface area (Å²) in [4.78, 5) is 26.4. The highest BCUT2D eigenvalue weighted by Crippen LogP contribution is 2.54. The highest BCUT2D eigenvalue weighted by atomic mass is 28.5. The van der Waals surface area contributed by atoms with Crippen LogP contribution in [0.3, 0.4) is 0 Å². The number of ether oxygens (including phenoxy) is 2. The van der Waals surface area contributed by atoms with Crippen molar-refractivity contribution in [2.24, 2.45) is 0 Å². The van der Waals surface area contributed by atoms with Gasteiger partial charge in [-0.15, -0.1) is 0 Å². The van der Waals surface area contributed by atoms with Gasteiger partial charge in [0, 0.05) is 5.56 Å². The van der Waals surface area contributed by atoms with Crippen molar-refractivity contribution < 1.29 is 27.2 Å². The van der Waals surface area contributed by atoms with E-state index in [1.54, 1.807) is 18.5 Å². The van der Waals surface area contributed by atoms with Crippen LogP contribution in [0.25, 0.3) is 11.2 Å². The van der Waals surface area contributed by atoms with Gasteiger partial charge in [-0.2, -0.15) is 0 Å². The number of imidazole rings is 1. The lowest BCUT2D eigenvalue weighted by Gasteiger charge is -2.52. The SMILES string of the molecule is CC(C)[Si]1(C(C)C)OC[C@@]23CO[C@H]([C@H](n4cnc5c(NC(=O)c6ccccc6)ncnc54)O2)[C@@H]3O[Si](C(C)C)(C(C)C)O1. The first kappa shape index (κ1) is 30.5. The summed E-state index contributed by atoms with van der Waals surface area (Å²) in [6.07, 6.45) is 1.74. The van der Waals surface area contributed by atoms with Crippen molar-refractivity contribution in [1.29, 1.82) is 0 Å². The molecule has 3 saturated heterocycles. The monoisotopic (exact) mass is 625 g/mol. The van der Waals surface area contributed by atoms with Crippen molar-refractivity contribution in [2.45, 2.75) is 102 Å². The second-order valence-corrected chi connectivity index (χ2v) is 22.1. The summed E-state index contributed by atoms with van der Waals surface area (Å²) in [5, 5.41) is 2.88. The van der Waals surface area contributed by atoms with Gasteiger partial charge in [0.25, 0.3) is 5.91 Å². The molecule has 1 aromatic carbocycles. The van der Waals surface area contributed by atoms with Crippen LogP contribution >= 0.6 is 0 Å². The molecular weight excluding hydrogens is 583 g/mol. The van der Waals surface area contributed by atoms with Crippen molar-refractivity contribution in [3.63, 3.8) is 0 Å². The molecule has 3 fully saturated rings. The lowest BCUT2D eigenvalue weighted by molar-refractivity contribution is -0.186. The normalized spacial score (nSPS) is 28.0. The van der Waals surface area contributed by atoms with Crippen LogP contribution in [0.2, 0.25) is 22.2 Å². The third kappa shape index (κ3) is 4.80. The summed E-state index contributed by atoms with van der Waals surface area (Å²) in [5.74, 6) is 0.0544. The third-order valence-electron chi connectivity index (χ3n) is 9.27. The Kier molecular flexibility index (Phi) is 7.89. The van der Waals surface area contributed by atoms with Gasteiger partial charge in [-0.25, -0.2) is 15.0 Å². The molecule has 6 rings (SSSR count). The highest BCUT2D eigenvalue weighted by molar-refractivity contribution is 6.84. The standard InChI is InChI=1S/C30H43N5O6Si2/c1-18(2)42(19(3)4)38-15-30-14-37-24(25(30)40-43(41-42,20(5)6)21(7)8)29(39-30)35-17-33-23-26(31-16-32-27(23)35)34-28(36)22-12-10-9-11-13-22/h9-13,16-21,24-25,29H,14-15H2,1-8H3,(H,31,32,34,36)/t24-,25-,29+,30+/m0/s1. The zero-order valence-corrected chi connectivity index (χ0v) is 28.2. The molecule has 0 saturated carbocycles. The number of nitrogens with zero attached hydrogens (tertiary/aromatic N) is 4. The number of rotatable bonds is 7. The molecule has 2 bridgehead atoms. The Morgan fingerprint density at radius 2 is 1.60 bits per heavy atom. The van der Waals surface area contributed by atoms with E-state index in [1.165, 1.54) is 6.33 Å². The zero-order valence-electron chi connectivity index (χ0n) is 26.2. The maximum atomic E-state index is 12.9. The number of fused-ring (bicyclic) bond motifs is 1. The van der Waals surface area contributed by atoms with Crippen LogP contribution in [0.4, 0.5) is 5.82 Å².